The Morgan fingerprint density at radius 1 is 1.21 bits per heavy atom. The SMILES string of the molecule is COCCn1c(=O)c2cc(C(=O)NC(C)c3ccco3)nn2c2ccccc21. The number of methoxy groups -OCH3 is 1. The predicted molar refractivity (Wildman–Crippen MR) is 103 cm³/mol. The average Bonchev–Trinajstić information content (AvgIpc) is 3.38. The first kappa shape index (κ1) is 18.0. The number of fused-ring (bicyclic) bond motifs is 3. The molecule has 28 heavy (non-hydrogen) atoms. The molecule has 0 bridgehead atoms. The number of furan rings is 1. The van der Waals surface area contributed by atoms with Crippen LogP contribution in [0.2, 0.25) is 0 Å². The van der Waals surface area contributed by atoms with Crippen LogP contribution in [0.25, 0.3) is 16.6 Å². The zero-order valence-corrected chi connectivity index (χ0v) is 15.6. The summed E-state index contributed by atoms with van der Waals surface area (Å²) in [5.41, 5.74) is 1.76. The minimum atomic E-state index is -0.375. The van der Waals surface area contributed by atoms with Crippen molar-refractivity contribution in [3.05, 3.63) is 70.5 Å². The van der Waals surface area contributed by atoms with E-state index in [9.17, 15) is 9.59 Å². The minimum absolute atomic E-state index is 0.171. The monoisotopic (exact) mass is 380 g/mol. The van der Waals surface area contributed by atoms with E-state index in [1.807, 2.05) is 31.2 Å². The maximum Gasteiger partial charge on any atom is 0.277 e. The number of carbonyl (C=O) groups is 1. The van der Waals surface area contributed by atoms with Gasteiger partial charge in [0.25, 0.3) is 11.5 Å². The molecular weight excluding hydrogens is 360 g/mol. The van der Waals surface area contributed by atoms with Crippen molar-refractivity contribution in [2.24, 2.45) is 0 Å². The standard InChI is InChI=1S/C20H20N4O4/c1-13(18-8-5-10-28-18)21-19(25)14-12-17-20(26)23(9-11-27-2)15-6-3-4-7-16(15)24(17)22-14/h3-8,10,12-13H,9,11H2,1-2H3,(H,21,25). The van der Waals surface area contributed by atoms with E-state index in [0.717, 1.165) is 11.0 Å². The summed E-state index contributed by atoms with van der Waals surface area (Å²) in [6, 6.07) is 12.2. The van der Waals surface area contributed by atoms with Crippen LogP contribution in [0.4, 0.5) is 0 Å². The van der Waals surface area contributed by atoms with Gasteiger partial charge in [-0.25, -0.2) is 4.52 Å². The van der Waals surface area contributed by atoms with Crippen LogP contribution < -0.4 is 10.9 Å². The molecule has 8 heteroatoms. The lowest BCUT2D eigenvalue weighted by molar-refractivity contribution is 0.0930. The lowest BCUT2D eigenvalue weighted by Gasteiger charge is -2.11. The Hall–Kier alpha value is -3.39. The van der Waals surface area contributed by atoms with Gasteiger partial charge < -0.3 is 19.0 Å². The van der Waals surface area contributed by atoms with Crippen LogP contribution in [0.5, 0.6) is 0 Å². The van der Waals surface area contributed by atoms with E-state index < -0.39 is 0 Å². The molecule has 1 N–H and O–H groups in total. The van der Waals surface area contributed by atoms with Gasteiger partial charge in [-0.15, -0.1) is 0 Å². The molecule has 0 aliphatic carbocycles. The highest BCUT2D eigenvalue weighted by Gasteiger charge is 2.19. The van der Waals surface area contributed by atoms with Crippen LogP contribution >= 0.6 is 0 Å². The number of rotatable bonds is 6. The molecule has 0 aliphatic heterocycles. The molecule has 0 saturated heterocycles. The van der Waals surface area contributed by atoms with E-state index in [-0.39, 0.29) is 23.2 Å². The van der Waals surface area contributed by atoms with E-state index >= 15 is 0 Å². The molecule has 0 spiro atoms. The topological polar surface area (TPSA) is 90.8 Å². The van der Waals surface area contributed by atoms with Gasteiger partial charge in [-0.2, -0.15) is 5.10 Å². The molecule has 0 fully saturated rings. The van der Waals surface area contributed by atoms with Crippen molar-refractivity contribution in [1.82, 2.24) is 19.5 Å². The van der Waals surface area contributed by atoms with Crippen LogP contribution in [-0.4, -0.2) is 33.8 Å². The number of nitrogens with zero attached hydrogens (tertiary/aromatic N) is 3. The van der Waals surface area contributed by atoms with Crippen molar-refractivity contribution in [2.45, 2.75) is 19.5 Å². The average molecular weight is 380 g/mol. The second-order valence-electron chi connectivity index (χ2n) is 6.48. The number of para-hydroxylation sites is 2. The number of benzene rings is 1. The fourth-order valence-corrected chi connectivity index (χ4v) is 3.23. The van der Waals surface area contributed by atoms with Crippen molar-refractivity contribution >= 4 is 22.5 Å². The van der Waals surface area contributed by atoms with Crippen molar-refractivity contribution in [1.29, 1.82) is 0 Å². The lowest BCUT2D eigenvalue weighted by atomic mass is 10.2. The van der Waals surface area contributed by atoms with E-state index in [1.165, 1.54) is 10.6 Å². The summed E-state index contributed by atoms with van der Waals surface area (Å²) in [5.74, 6) is 0.268. The quantitative estimate of drug-likeness (QED) is 0.555. The minimum Gasteiger partial charge on any atom is -0.467 e. The second-order valence-corrected chi connectivity index (χ2v) is 6.48. The third-order valence-electron chi connectivity index (χ3n) is 4.64. The Labute approximate surface area is 160 Å². The smallest absolute Gasteiger partial charge is 0.277 e. The summed E-state index contributed by atoms with van der Waals surface area (Å²) >= 11 is 0. The molecule has 4 aromatic rings. The Morgan fingerprint density at radius 3 is 2.71 bits per heavy atom. The maximum absolute atomic E-state index is 13.0. The molecule has 0 radical (unpaired) electrons. The van der Waals surface area contributed by atoms with Gasteiger partial charge in [0, 0.05) is 19.7 Å². The van der Waals surface area contributed by atoms with Crippen LogP contribution in [-0.2, 0) is 11.3 Å². The molecule has 8 nitrogen and oxygen atoms in total. The van der Waals surface area contributed by atoms with Crippen LogP contribution in [0.3, 0.4) is 0 Å². The van der Waals surface area contributed by atoms with E-state index in [4.69, 9.17) is 9.15 Å². The Balaban J connectivity index is 1.78. The number of ether oxygens (including phenoxy) is 1. The van der Waals surface area contributed by atoms with Gasteiger partial charge in [-0.05, 0) is 31.2 Å². The van der Waals surface area contributed by atoms with E-state index in [2.05, 4.69) is 10.4 Å². The Morgan fingerprint density at radius 2 is 2.00 bits per heavy atom. The summed E-state index contributed by atoms with van der Waals surface area (Å²) in [6.45, 7) is 2.64. The first-order valence-corrected chi connectivity index (χ1v) is 8.94. The van der Waals surface area contributed by atoms with Gasteiger partial charge in [0.2, 0.25) is 0 Å². The van der Waals surface area contributed by atoms with Crippen molar-refractivity contribution in [3.8, 4) is 0 Å². The third-order valence-corrected chi connectivity index (χ3v) is 4.64. The summed E-state index contributed by atoms with van der Waals surface area (Å²) in [7, 11) is 1.59. The predicted octanol–water partition coefficient (Wildman–Crippen LogP) is 2.38. The molecule has 1 unspecified atom stereocenters. The largest absolute Gasteiger partial charge is 0.467 e. The number of amides is 1. The molecule has 4 rings (SSSR count). The van der Waals surface area contributed by atoms with Crippen molar-refractivity contribution in [2.75, 3.05) is 13.7 Å². The van der Waals surface area contributed by atoms with Crippen LogP contribution in [0.1, 0.15) is 29.2 Å². The van der Waals surface area contributed by atoms with Gasteiger partial charge in [0.15, 0.2) is 5.69 Å². The van der Waals surface area contributed by atoms with Gasteiger partial charge in [-0.3, -0.25) is 9.59 Å². The second kappa shape index (κ2) is 7.32. The fourth-order valence-electron chi connectivity index (χ4n) is 3.23. The molecule has 3 aromatic heterocycles. The Bertz CT molecular complexity index is 1190. The summed E-state index contributed by atoms with van der Waals surface area (Å²) in [5, 5.41) is 7.23. The molecule has 0 saturated carbocycles. The van der Waals surface area contributed by atoms with Gasteiger partial charge >= 0.3 is 0 Å². The van der Waals surface area contributed by atoms with Crippen molar-refractivity contribution < 1.29 is 13.9 Å². The molecule has 1 aromatic carbocycles. The number of aromatic nitrogens is 3. The Kier molecular flexibility index (Phi) is 4.70. The normalized spacial score (nSPS) is 12.5. The van der Waals surface area contributed by atoms with Crippen LogP contribution in [0.15, 0.2) is 57.9 Å². The summed E-state index contributed by atoms with van der Waals surface area (Å²) in [6.07, 6.45) is 1.55. The van der Waals surface area contributed by atoms with Gasteiger partial charge in [-0.1, -0.05) is 12.1 Å². The summed E-state index contributed by atoms with van der Waals surface area (Å²) in [4.78, 5) is 25.7. The first-order valence-electron chi connectivity index (χ1n) is 8.94. The lowest BCUT2D eigenvalue weighted by Crippen LogP contribution is -2.26. The number of hydrogen-bond donors (Lipinski definition) is 1. The van der Waals surface area contributed by atoms with E-state index in [1.54, 1.807) is 30.1 Å². The highest BCUT2D eigenvalue weighted by atomic mass is 16.5. The van der Waals surface area contributed by atoms with Gasteiger partial charge in [0.1, 0.15) is 11.3 Å². The molecule has 3 heterocycles. The molecule has 1 atom stereocenters. The molecule has 1 amide bonds. The molecular formula is C20H20N4O4. The fraction of sp³-hybridized carbons (Fsp3) is 0.250. The van der Waals surface area contributed by atoms with Gasteiger partial charge in [0.05, 0.1) is 29.9 Å². The molecule has 144 valence electrons. The third kappa shape index (κ3) is 3.07. The zero-order chi connectivity index (χ0) is 19.7. The number of nitrogens with one attached hydrogen (secondary N) is 1. The van der Waals surface area contributed by atoms with Crippen molar-refractivity contribution in [3.63, 3.8) is 0 Å². The molecule has 0 aliphatic rings. The highest BCUT2D eigenvalue weighted by Crippen LogP contribution is 2.17. The maximum atomic E-state index is 13.0. The zero-order valence-electron chi connectivity index (χ0n) is 15.6. The van der Waals surface area contributed by atoms with E-state index in [0.29, 0.717) is 24.4 Å². The first-order chi connectivity index (χ1) is 13.6. The summed E-state index contributed by atoms with van der Waals surface area (Å²) < 4.78 is 13.6. The highest BCUT2D eigenvalue weighted by molar-refractivity contribution is 5.94. The number of carbonyl (C=O) groups excluding carboxylic acids is 1. The van der Waals surface area contributed by atoms with Crippen LogP contribution in [0, 0.1) is 0 Å². The number of hydrogen-bond acceptors (Lipinski definition) is 5.